The van der Waals surface area contributed by atoms with Gasteiger partial charge in [-0.05, 0) is 6.26 Å². The molecule has 0 fully saturated rings. The fraction of sp³-hybridized carbons (Fsp3) is 0.636. The lowest BCUT2D eigenvalue weighted by molar-refractivity contribution is -0.125. The summed E-state index contributed by atoms with van der Waals surface area (Å²) in [6, 6.07) is -0.784. The minimum Gasteiger partial charge on any atom is -0.369 e. The molecule has 22 heavy (non-hydrogen) atoms. The minimum absolute atomic E-state index is 0.0364. The average molecular weight is 353 g/mol. The Bertz CT molecular complexity index is 381. The highest BCUT2D eigenvalue weighted by atomic mass is 32.2. The van der Waals surface area contributed by atoms with Gasteiger partial charge in [-0.25, -0.2) is 0 Å². The predicted octanol–water partition coefficient (Wildman–Crippen LogP) is -2.42. The lowest BCUT2D eigenvalue weighted by atomic mass is 10.3. The van der Waals surface area contributed by atoms with E-state index >= 15 is 0 Å². The fourth-order valence-corrected chi connectivity index (χ4v) is 1.91. The van der Waals surface area contributed by atoms with Crippen molar-refractivity contribution in [2.45, 2.75) is 13.0 Å². The van der Waals surface area contributed by atoms with Crippen molar-refractivity contribution >= 4 is 47.2 Å². The summed E-state index contributed by atoms with van der Waals surface area (Å²) in [5.41, 5.74) is 15.2. The molecular formula is C11H23N5O4S2. The third kappa shape index (κ3) is 18.5. The summed E-state index contributed by atoms with van der Waals surface area (Å²) in [5.74, 6) is -0.468. The van der Waals surface area contributed by atoms with Crippen molar-refractivity contribution in [1.82, 2.24) is 10.6 Å². The molecule has 4 amide bonds. The SMILES string of the molecule is CSCNC(C)=O.NC(=O)CNC(=O)C(N)CSCC(N)=O. The van der Waals surface area contributed by atoms with Gasteiger partial charge in [0.1, 0.15) is 0 Å². The molecule has 0 heterocycles. The molecule has 0 aromatic rings. The molecule has 1 atom stereocenters. The molecule has 11 heteroatoms. The van der Waals surface area contributed by atoms with E-state index in [4.69, 9.17) is 17.2 Å². The largest absolute Gasteiger partial charge is 0.369 e. The molecule has 0 aliphatic rings. The second-order valence-electron chi connectivity index (χ2n) is 3.94. The standard InChI is InChI=1S/C7H14N4O3S.C4H9NOS/c8-4(2-15-3-6(10)13)7(14)11-1-5(9)12;1-4(6)5-3-7-2/h4H,1-3,8H2,(H2,9,12)(H2,10,13)(H,11,14);3H2,1-2H3,(H,5,6). The van der Waals surface area contributed by atoms with E-state index in [2.05, 4.69) is 10.6 Å². The third-order valence-electron chi connectivity index (χ3n) is 1.78. The quantitative estimate of drug-likeness (QED) is 0.287. The number of rotatable bonds is 9. The molecule has 0 spiro atoms. The van der Waals surface area contributed by atoms with Gasteiger partial charge in [-0.15, -0.1) is 23.5 Å². The maximum Gasteiger partial charge on any atom is 0.238 e. The molecule has 0 radical (unpaired) electrons. The van der Waals surface area contributed by atoms with E-state index in [1.807, 2.05) is 6.26 Å². The van der Waals surface area contributed by atoms with Crippen LogP contribution in [0.25, 0.3) is 0 Å². The van der Waals surface area contributed by atoms with Crippen LogP contribution in [0.15, 0.2) is 0 Å². The zero-order chi connectivity index (χ0) is 17.5. The highest BCUT2D eigenvalue weighted by Gasteiger charge is 2.13. The zero-order valence-electron chi connectivity index (χ0n) is 12.6. The Hall–Kier alpha value is -1.46. The maximum absolute atomic E-state index is 11.1. The summed E-state index contributed by atoms with van der Waals surface area (Å²) in [4.78, 5) is 41.9. The van der Waals surface area contributed by atoms with Gasteiger partial charge in [0, 0.05) is 12.7 Å². The lowest BCUT2D eigenvalue weighted by Crippen LogP contribution is -2.45. The maximum atomic E-state index is 11.1. The molecule has 0 aromatic carbocycles. The second-order valence-corrected chi connectivity index (χ2v) is 5.83. The number of hydrogen-bond donors (Lipinski definition) is 5. The Balaban J connectivity index is 0. The van der Waals surface area contributed by atoms with Crippen LogP contribution >= 0.6 is 23.5 Å². The summed E-state index contributed by atoms with van der Waals surface area (Å²) < 4.78 is 0. The molecule has 1 unspecified atom stereocenters. The molecular weight excluding hydrogens is 330 g/mol. The van der Waals surface area contributed by atoms with Gasteiger partial charge in [-0.3, -0.25) is 19.2 Å². The van der Waals surface area contributed by atoms with Crippen LogP contribution in [0.3, 0.4) is 0 Å². The predicted molar refractivity (Wildman–Crippen MR) is 88.9 cm³/mol. The normalized spacial score (nSPS) is 10.7. The monoisotopic (exact) mass is 353 g/mol. The van der Waals surface area contributed by atoms with Gasteiger partial charge < -0.3 is 27.8 Å². The zero-order valence-corrected chi connectivity index (χ0v) is 14.2. The summed E-state index contributed by atoms with van der Waals surface area (Å²) in [5, 5.41) is 4.87. The number of nitrogens with two attached hydrogens (primary N) is 3. The fourth-order valence-electron chi connectivity index (χ4n) is 0.841. The average Bonchev–Trinajstić information content (AvgIpc) is 2.42. The molecule has 0 aliphatic heterocycles. The Morgan fingerprint density at radius 3 is 2.05 bits per heavy atom. The molecule has 0 saturated carbocycles. The summed E-state index contributed by atoms with van der Waals surface area (Å²) >= 11 is 2.75. The first-order valence-electron chi connectivity index (χ1n) is 6.11. The van der Waals surface area contributed by atoms with Gasteiger partial charge in [0.25, 0.3) is 0 Å². The van der Waals surface area contributed by atoms with Gasteiger partial charge in [-0.2, -0.15) is 0 Å². The molecule has 9 nitrogen and oxygen atoms in total. The molecule has 0 aliphatic carbocycles. The summed E-state index contributed by atoms with van der Waals surface area (Å²) in [6.07, 6.45) is 1.94. The van der Waals surface area contributed by atoms with Crippen molar-refractivity contribution in [1.29, 1.82) is 0 Å². The first-order chi connectivity index (χ1) is 10.2. The van der Waals surface area contributed by atoms with E-state index < -0.39 is 23.8 Å². The molecule has 8 N–H and O–H groups in total. The van der Waals surface area contributed by atoms with Crippen molar-refractivity contribution in [3.8, 4) is 0 Å². The molecule has 0 rings (SSSR count). The van der Waals surface area contributed by atoms with Crippen LogP contribution in [-0.4, -0.2) is 59.9 Å². The van der Waals surface area contributed by atoms with Crippen LogP contribution in [0.2, 0.25) is 0 Å². The van der Waals surface area contributed by atoms with Crippen molar-refractivity contribution in [3.63, 3.8) is 0 Å². The van der Waals surface area contributed by atoms with E-state index in [-0.39, 0.29) is 24.0 Å². The lowest BCUT2D eigenvalue weighted by Gasteiger charge is -2.10. The Labute approximate surface area is 137 Å². The summed E-state index contributed by atoms with van der Waals surface area (Å²) in [7, 11) is 0. The van der Waals surface area contributed by atoms with Crippen LogP contribution in [0, 0.1) is 0 Å². The third-order valence-corrected chi connectivity index (χ3v) is 3.30. The molecule has 128 valence electrons. The number of nitrogens with one attached hydrogen (secondary N) is 2. The van der Waals surface area contributed by atoms with Gasteiger partial charge in [-0.1, -0.05) is 0 Å². The number of carbonyl (C=O) groups is 4. The van der Waals surface area contributed by atoms with Crippen molar-refractivity contribution in [2.24, 2.45) is 17.2 Å². The van der Waals surface area contributed by atoms with Gasteiger partial charge in [0.15, 0.2) is 0 Å². The number of hydrogen-bond acceptors (Lipinski definition) is 7. The molecule has 0 aromatic heterocycles. The van der Waals surface area contributed by atoms with Crippen molar-refractivity contribution < 1.29 is 19.2 Å². The molecule has 0 saturated heterocycles. The van der Waals surface area contributed by atoms with Crippen molar-refractivity contribution in [3.05, 3.63) is 0 Å². The van der Waals surface area contributed by atoms with Crippen LogP contribution in [0.1, 0.15) is 6.92 Å². The minimum atomic E-state index is -0.784. The Morgan fingerprint density at radius 1 is 1.09 bits per heavy atom. The Kier molecular flexibility index (Phi) is 15.0. The number of carbonyl (C=O) groups excluding carboxylic acids is 4. The van der Waals surface area contributed by atoms with Crippen LogP contribution in [-0.2, 0) is 19.2 Å². The van der Waals surface area contributed by atoms with E-state index in [1.54, 1.807) is 11.8 Å². The van der Waals surface area contributed by atoms with E-state index in [0.29, 0.717) is 0 Å². The smallest absolute Gasteiger partial charge is 0.238 e. The van der Waals surface area contributed by atoms with Crippen LogP contribution in [0.5, 0.6) is 0 Å². The van der Waals surface area contributed by atoms with E-state index in [9.17, 15) is 19.2 Å². The number of thioether (sulfide) groups is 2. The Morgan fingerprint density at radius 2 is 1.68 bits per heavy atom. The van der Waals surface area contributed by atoms with Crippen LogP contribution in [0.4, 0.5) is 0 Å². The van der Waals surface area contributed by atoms with E-state index in [0.717, 1.165) is 17.6 Å². The first kappa shape index (κ1) is 22.8. The highest BCUT2D eigenvalue weighted by Crippen LogP contribution is 2.00. The van der Waals surface area contributed by atoms with Gasteiger partial charge in [0.2, 0.25) is 23.6 Å². The molecule has 0 bridgehead atoms. The number of amides is 4. The second kappa shape index (κ2) is 14.5. The number of primary amides is 2. The van der Waals surface area contributed by atoms with Crippen molar-refractivity contribution in [2.75, 3.05) is 30.2 Å². The topological polar surface area (TPSA) is 170 Å². The summed E-state index contributed by atoms with van der Waals surface area (Å²) in [6.45, 7) is 1.27. The van der Waals surface area contributed by atoms with Gasteiger partial charge in [0.05, 0.1) is 24.2 Å². The first-order valence-corrected chi connectivity index (χ1v) is 8.66. The van der Waals surface area contributed by atoms with E-state index in [1.165, 1.54) is 6.92 Å². The van der Waals surface area contributed by atoms with Gasteiger partial charge >= 0.3 is 0 Å². The highest BCUT2D eigenvalue weighted by molar-refractivity contribution is 8.00. The van der Waals surface area contributed by atoms with Crippen LogP contribution < -0.4 is 27.8 Å².